The van der Waals surface area contributed by atoms with E-state index >= 15 is 0 Å². The zero-order valence-corrected chi connectivity index (χ0v) is 22.8. The van der Waals surface area contributed by atoms with Crippen LogP contribution in [0.2, 0.25) is 0 Å². The smallest absolute Gasteiger partial charge is 0.257 e. The first-order valence-corrected chi connectivity index (χ1v) is 14.8. The SMILES string of the molecule is CC[C@@H]1CCC(=O)C2C(O)C(=O)C(C(=O)NCc3ccc(F)cc3F)=C3C(C4CCCCCCC4)C[C@@H](C1)N32. The van der Waals surface area contributed by atoms with Gasteiger partial charge in [-0.2, -0.15) is 0 Å². The van der Waals surface area contributed by atoms with Crippen molar-refractivity contribution < 1.29 is 28.3 Å². The molecule has 3 unspecified atom stereocenters. The van der Waals surface area contributed by atoms with Gasteiger partial charge in [0.05, 0.1) is 0 Å². The van der Waals surface area contributed by atoms with Crippen molar-refractivity contribution in [2.75, 3.05) is 0 Å². The first kappa shape index (κ1) is 27.9. The summed E-state index contributed by atoms with van der Waals surface area (Å²) in [4.78, 5) is 42.7. The molecule has 8 heteroatoms. The fourth-order valence-electron chi connectivity index (χ4n) is 7.54. The van der Waals surface area contributed by atoms with Gasteiger partial charge in [-0.25, -0.2) is 8.78 Å². The maximum Gasteiger partial charge on any atom is 0.257 e. The van der Waals surface area contributed by atoms with E-state index in [9.17, 15) is 28.3 Å². The van der Waals surface area contributed by atoms with E-state index in [4.69, 9.17) is 0 Å². The Kier molecular flexibility index (Phi) is 8.50. The second-order valence-electron chi connectivity index (χ2n) is 12.0. The van der Waals surface area contributed by atoms with Crippen LogP contribution in [0.1, 0.15) is 89.5 Å². The Morgan fingerprint density at radius 2 is 1.77 bits per heavy atom. The van der Waals surface area contributed by atoms with E-state index in [1.165, 1.54) is 25.3 Å². The number of hydrogen-bond acceptors (Lipinski definition) is 5. The molecule has 6 nitrogen and oxygen atoms in total. The average Bonchev–Trinajstić information content (AvgIpc) is 3.22. The molecule has 5 atom stereocenters. The summed E-state index contributed by atoms with van der Waals surface area (Å²) < 4.78 is 27.6. The molecule has 0 spiro atoms. The number of nitrogens with zero attached hydrogens (tertiary/aromatic N) is 1. The molecule has 0 aromatic heterocycles. The summed E-state index contributed by atoms with van der Waals surface area (Å²) in [5, 5.41) is 13.8. The van der Waals surface area contributed by atoms with Gasteiger partial charge in [0, 0.05) is 42.3 Å². The molecule has 1 aliphatic carbocycles. The Balaban J connectivity index is 1.55. The van der Waals surface area contributed by atoms with Crippen LogP contribution in [-0.2, 0) is 20.9 Å². The lowest BCUT2D eigenvalue weighted by molar-refractivity contribution is -0.141. The lowest BCUT2D eigenvalue weighted by atomic mass is 9.77. The first-order chi connectivity index (χ1) is 18.8. The largest absolute Gasteiger partial charge is 0.382 e. The van der Waals surface area contributed by atoms with Gasteiger partial charge < -0.3 is 15.3 Å². The van der Waals surface area contributed by atoms with Crippen molar-refractivity contribution in [1.29, 1.82) is 0 Å². The monoisotopic (exact) mass is 542 g/mol. The van der Waals surface area contributed by atoms with Crippen LogP contribution in [0.3, 0.4) is 0 Å². The van der Waals surface area contributed by atoms with Gasteiger partial charge in [-0.15, -0.1) is 0 Å². The fraction of sp³-hybridized carbons (Fsp3) is 0.645. The number of hydrogen-bond donors (Lipinski definition) is 2. The molecule has 5 rings (SSSR count). The molecule has 1 amide bonds. The van der Waals surface area contributed by atoms with E-state index in [0.717, 1.165) is 63.5 Å². The predicted molar refractivity (Wildman–Crippen MR) is 142 cm³/mol. The lowest BCUT2D eigenvalue weighted by Crippen LogP contribution is -2.59. The molecule has 212 valence electrons. The number of aliphatic hydroxyl groups is 1. The van der Waals surface area contributed by atoms with E-state index in [2.05, 4.69) is 12.2 Å². The molecule has 3 heterocycles. The third-order valence-electron chi connectivity index (χ3n) is 9.63. The standard InChI is InChI=1S/C31H40F2N2O4/c1-2-18-10-13-25(36)28-30(38)29(37)26(31(39)34-17-20-11-12-21(32)15-24(20)33)27-23(16-22(14-18)35(27)28)19-8-6-4-3-5-7-9-19/h11-12,15,18-19,22-23,28,30,38H,2-10,13-14,16-17H2,1H3,(H,34,39)/t18-,22-,23?,28?,30?/m1/s1. The highest BCUT2D eigenvalue weighted by Gasteiger charge is 2.55. The van der Waals surface area contributed by atoms with Gasteiger partial charge in [-0.3, -0.25) is 14.4 Å². The number of allylic oxidation sites excluding steroid dienone is 1. The van der Waals surface area contributed by atoms with E-state index in [-0.39, 0.29) is 35.4 Å². The number of amides is 1. The summed E-state index contributed by atoms with van der Waals surface area (Å²) in [6.07, 6.45) is 9.81. The quantitative estimate of drug-likeness (QED) is 0.513. The highest BCUT2D eigenvalue weighted by molar-refractivity contribution is 6.23. The van der Waals surface area contributed by atoms with Gasteiger partial charge in [0.15, 0.2) is 5.78 Å². The van der Waals surface area contributed by atoms with E-state index in [1.807, 2.05) is 4.90 Å². The molecule has 3 aliphatic heterocycles. The molecule has 1 aromatic carbocycles. The van der Waals surface area contributed by atoms with E-state index in [0.29, 0.717) is 24.0 Å². The van der Waals surface area contributed by atoms with Crippen LogP contribution in [-0.4, -0.2) is 45.7 Å². The number of benzene rings is 1. The van der Waals surface area contributed by atoms with Gasteiger partial charge in [0.2, 0.25) is 5.78 Å². The summed E-state index contributed by atoms with van der Waals surface area (Å²) in [7, 11) is 0. The Morgan fingerprint density at radius 1 is 1.05 bits per heavy atom. The molecule has 39 heavy (non-hydrogen) atoms. The number of halogens is 2. The molecule has 4 aliphatic rings. The number of aliphatic hydroxyl groups excluding tert-OH is 1. The number of Topliss-reactive ketones (excluding diaryl/α,β-unsaturated/α-hetero) is 2. The van der Waals surface area contributed by atoms with Crippen molar-refractivity contribution in [3.05, 3.63) is 46.7 Å². The van der Waals surface area contributed by atoms with Crippen molar-refractivity contribution in [2.24, 2.45) is 17.8 Å². The molecule has 3 fully saturated rings. The van der Waals surface area contributed by atoms with Crippen molar-refractivity contribution in [3.8, 4) is 0 Å². The summed E-state index contributed by atoms with van der Waals surface area (Å²) >= 11 is 0. The molecule has 1 saturated carbocycles. The topological polar surface area (TPSA) is 86.7 Å². The third kappa shape index (κ3) is 5.54. The van der Waals surface area contributed by atoms with Gasteiger partial charge >= 0.3 is 0 Å². The summed E-state index contributed by atoms with van der Waals surface area (Å²) in [5.41, 5.74) is 0.635. The van der Waals surface area contributed by atoms with Crippen LogP contribution in [0.4, 0.5) is 8.78 Å². The lowest BCUT2D eigenvalue weighted by Gasteiger charge is -2.44. The Morgan fingerprint density at radius 3 is 2.46 bits per heavy atom. The predicted octanol–water partition coefficient (Wildman–Crippen LogP) is 4.98. The molecule has 1 aromatic rings. The Hall–Kier alpha value is -2.61. The summed E-state index contributed by atoms with van der Waals surface area (Å²) in [5.74, 6) is -2.40. The maximum atomic E-state index is 14.3. The minimum absolute atomic E-state index is 0.0188. The normalized spacial score (nSPS) is 30.4. The molecule has 2 N–H and O–H groups in total. The zero-order valence-electron chi connectivity index (χ0n) is 22.8. The first-order valence-electron chi connectivity index (χ1n) is 14.8. The number of carbonyl (C=O) groups is 3. The Labute approximate surface area is 229 Å². The third-order valence-corrected chi connectivity index (χ3v) is 9.63. The average molecular weight is 543 g/mol. The second kappa shape index (κ2) is 11.9. The van der Waals surface area contributed by atoms with E-state index < -0.39 is 35.5 Å². The molecule has 0 bridgehead atoms. The molecule has 0 radical (unpaired) electrons. The van der Waals surface area contributed by atoms with Crippen LogP contribution >= 0.6 is 0 Å². The van der Waals surface area contributed by atoms with Crippen molar-refractivity contribution in [2.45, 2.75) is 109 Å². The summed E-state index contributed by atoms with van der Waals surface area (Å²) in [6.45, 7) is 1.91. The van der Waals surface area contributed by atoms with Crippen LogP contribution in [0.25, 0.3) is 0 Å². The minimum atomic E-state index is -1.61. The molecule has 2 saturated heterocycles. The van der Waals surface area contributed by atoms with Crippen molar-refractivity contribution >= 4 is 17.5 Å². The number of ketones is 2. The summed E-state index contributed by atoms with van der Waals surface area (Å²) in [6, 6.07) is 2.16. The van der Waals surface area contributed by atoms with Crippen LogP contribution in [0.5, 0.6) is 0 Å². The number of rotatable bonds is 5. The zero-order chi connectivity index (χ0) is 27.7. The number of nitrogens with one attached hydrogen (secondary N) is 1. The fourth-order valence-corrected chi connectivity index (χ4v) is 7.54. The van der Waals surface area contributed by atoms with Gasteiger partial charge in [-0.1, -0.05) is 51.5 Å². The second-order valence-corrected chi connectivity index (χ2v) is 12.0. The molecular formula is C31H40F2N2O4. The van der Waals surface area contributed by atoms with Crippen molar-refractivity contribution in [1.82, 2.24) is 10.2 Å². The van der Waals surface area contributed by atoms with Crippen LogP contribution < -0.4 is 5.32 Å². The van der Waals surface area contributed by atoms with E-state index in [1.54, 1.807) is 0 Å². The van der Waals surface area contributed by atoms with Gasteiger partial charge in [-0.05, 0) is 50.0 Å². The number of carbonyl (C=O) groups excluding carboxylic acids is 3. The van der Waals surface area contributed by atoms with Gasteiger partial charge in [0.1, 0.15) is 29.4 Å². The highest BCUT2D eigenvalue weighted by atomic mass is 19.1. The highest BCUT2D eigenvalue weighted by Crippen LogP contribution is 2.50. The van der Waals surface area contributed by atoms with Gasteiger partial charge in [0.25, 0.3) is 5.91 Å². The maximum absolute atomic E-state index is 14.3. The minimum Gasteiger partial charge on any atom is -0.382 e. The van der Waals surface area contributed by atoms with Crippen molar-refractivity contribution in [3.63, 3.8) is 0 Å². The van der Waals surface area contributed by atoms with Crippen LogP contribution in [0, 0.1) is 29.4 Å². The Bertz CT molecular complexity index is 1140. The molecular weight excluding hydrogens is 502 g/mol. The van der Waals surface area contributed by atoms with Crippen LogP contribution in [0.15, 0.2) is 29.5 Å².